The number of benzene rings is 1. The second-order valence-electron chi connectivity index (χ2n) is 6.72. The molecule has 0 radical (unpaired) electrons. The fourth-order valence-corrected chi connectivity index (χ4v) is 3.96. The van der Waals surface area contributed by atoms with Crippen LogP contribution in [-0.4, -0.2) is 44.4 Å². The second-order valence-corrected chi connectivity index (χ2v) is 7.51. The molecule has 1 fully saturated rings. The molecule has 2 aromatic heterocycles. The summed E-state index contributed by atoms with van der Waals surface area (Å²) < 4.78 is 7.33. The van der Waals surface area contributed by atoms with Crippen LogP contribution in [-0.2, 0) is 11.2 Å². The Kier molecular flexibility index (Phi) is 5.09. The third-order valence-electron chi connectivity index (χ3n) is 4.91. The molecule has 1 amide bonds. The molecule has 4 rings (SSSR count). The molecule has 0 saturated carbocycles. The standard InChI is InChI=1S/C18H18Cl2N6O2/c19-12-3-1-2-11(14(12)20)15-24-25-16-13(23-8-9-26(15)16)10-18(28-17(21)27)4-6-22-7-5-18/h1-3,8-9,22H,4-7,10H2,(H2,21,27). The molecule has 0 atom stereocenters. The molecule has 146 valence electrons. The summed E-state index contributed by atoms with van der Waals surface area (Å²) in [6, 6.07) is 5.35. The van der Waals surface area contributed by atoms with Crippen molar-refractivity contribution in [3.05, 3.63) is 46.3 Å². The lowest BCUT2D eigenvalue weighted by molar-refractivity contribution is -0.00701. The fraction of sp³-hybridized carbons (Fsp3) is 0.333. The van der Waals surface area contributed by atoms with Gasteiger partial charge in [0.1, 0.15) is 5.60 Å². The Balaban J connectivity index is 1.76. The lowest BCUT2D eigenvalue weighted by Crippen LogP contribution is -2.48. The van der Waals surface area contributed by atoms with E-state index in [-0.39, 0.29) is 0 Å². The summed E-state index contributed by atoms with van der Waals surface area (Å²) in [5.74, 6) is 0.557. The summed E-state index contributed by atoms with van der Waals surface area (Å²) in [5, 5.41) is 12.7. The second kappa shape index (κ2) is 7.54. The Morgan fingerprint density at radius 1 is 1.29 bits per heavy atom. The van der Waals surface area contributed by atoms with Gasteiger partial charge in [-0.15, -0.1) is 10.2 Å². The predicted molar refractivity (Wildman–Crippen MR) is 105 cm³/mol. The third kappa shape index (κ3) is 3.50. The molecule has 28 heavy (non-hydrogen) atoms. The number of amides is 1. The first-order valence-corrected chi connectivity index (χ1v) is 9.57. The number of ether oxygens (including phenoxy) is 1. The van der Waals surface area contributed by atoms with Crippen LogP contribution in [0.2, 0.25) is 10.0 Å². The summed E-state index contributed by atoms with van der Waals surface area (Å²) in [6.07, 6.45) is 4.30. The number of piperidine rings is 1. The fourth-order valence-electron chi connectivity index (χ4n) is 3.58. The highest BCUT2D eigenvalue weighted by molar-refractivity contribution is 6.43. The molecule has 3 N–H and O–H groups in total. The zero-order valence-corrected chi connectivity index (χ0v) is 16.4. The van der Waals surface area contributed by atoms with Crippen LogP contribution in [0, 0.1) is 0 Å². The van der Waals surface area contributed by atoms with Crippen molar-refractivity contribution in [1.29, 1.82) is 0 Å². The number of nitrogens with two attached hydrogens (primary N) is 1. The van der Waals surface area contributed by atoms with E-state index in [1.807, 2.05) is 6.07 Å². The Bertz CT molecular complexity index is 1030. The Labute approximate surface area is 171 Å². The normalized spacial score (nSPS) is 16.2. The molecule has 1 aliphatic heterocycles. The number of hydrogen-bond acceptors (Lipinski definition) is 6. The molecule has 0 aliphatic carbocycles. The quantitative estimate of drug-likeness (QED) is 0.671. The molecule has 0 bridgehead atoms. The van der Waals surface area contributed by atoms with Crippen LogP contribution in [0.5, 0.6) is 0 Å². The molecule has 1 aromatic carbocycles. The van der Waals surface area contributed by atoms with Crippen LogP contribution < -0.4 is 11.1 Å². The number of halogens is 2. The van der Waals surface area contributed by atoms with E-state index in [1.165, 1.54) is 0 Å². The zero-order chi connectivity index (χ0) is 19.7. The van der Waals surface area contributed by atoms with Crippen LogP contribution in [0.4, 0.5) is 4.79 Å². The maximum absolute atomic E-state index is 11.5. The Morgan fingerprint density at radius 3 is 2.82 bits per heavy atom. The van der Waals surface area contributed by atoms with Gasteiger partial charge in [0, 0.05) is 37.2 Å². The van der Waals surface area contributed by atoms with Crippen molar-refractivity contribution >= 4 is 34.9 Å². The Morgan fingerprint density at radius 2 is 2.07 bits per heavy atom. The van der Waals surface area contributed by atoms with Crippen molar-refractivity contribution in [2.45, 2.75) is 24.9 Å². The van der Waals surface area contributed by atoms with Gasteiger partial charge in [0.2, 0.25) is 0 Å². The summed E-state index contributed by atoms with van der Waals surface area (Å²) >= 11 is 12.5. The first kappa shape index (κ1) is 18.9. The maximum atomic E-state index is 11.5. The molecule has 8 nitrogen and oxygen atoms in total. The maximum Gasteiger partial charge on any atom is 0.405 e. The number of aromatic nitrogens is 4. The Hall–Kier alpha value is -2.42. The predicted octanol–water partition coefficient (Wildman–Crippen LogP) is 2.86. The van der Waals surface area contributed by atoms with Gasteiger partial charge in [0.25, 0.3) is 0 Å². The number of nitrogens with one attached hydrogen (secondary N) is 1. The highest BCUT2D eigenvalue weighted by Crippen LogP contribution is 2.33. The van der Waals surface area contributed by atoms with Crippen LogP contribution in [0.3, 0.4) is 0 Å². The number of carbonyl (C=O) groups excluding carboxylic acids is 1. The minimum Gasteiger partial charge on any atom is -0.443 e. The lowest BCUT2D eigenvalue weighted by Gasteiger charge is -2.36. The zero-order valence-electron chi connectivity index (χ0n) is 14.9. The van der Waals surface area contributed by atoms with Crippen molar-refractivity contribution in [2.75, 3.05) is 13.1 Å². The topological polar surface area (TPSA) is 107 Å². The van der Waals surface area contributed by atoms with Gasteiger partial charge < -0.3 is 15.8 Å². The SMILES string of the molecule is NC(=O)OC1(Cc2nccn3c(-c4cccc(Cl)c4Cl)nnc23)CCNCC1. The molecule has 3 aromatic rings. The van der Waals surface area contributed by atoms with E-state index >= 15 is 0 Å². The monoisotopic (exact) mass is 420 g/mol. The van der Waals surface area contributed by atoms with E-state index in [4.69, 9.17) is 33.7 Å². The van der Waals surface area contributed by atoms with E-state index in [9.17, 15) is 4.79 Å². The molecule has 1 saturated heterocycles. The molecule has 0 spiro atoms. The first-order chi connectivity index (χ1) is 13.5. The highest BCUT2D eigenvalue weighted by Gasteiger charge is 2.37. The van der Waals surface area contributed by atoms with E-state index < -0.39 is 11.7 Å². The molecule has 10 heteroatoms. The summed E-state index contributed by atoms with van der Waals surface area (Å²) in [6.45, 7) is 1.46. The first-order valence-electron chi connectivity index (χ1n) is 8.81. The highest BCUT2D eigenvalue weighted by atomic mass is 35.5. The van der Waals surface area contributed by atoms with Gasteiger partial charge in [0.15, 0.2) is 11.5 Å². The molecule has 1 aliphatic rings. The van der Waals surface area contributed by atoms with E-state index in [1.54, 1.807) is 28.9 Å². The van der Waals surface area contributed by atoms with Crippen molar-refractivity contribution in [3.8, 4) is 11.4 Å². The number of fused-ring (bicyclic) bond motifs is 1. The molecular weight excluding hydrogens is 403 g/mol. The average Bonchev–Trinajstić information content (AvgIpc) is 3.09. The smallest absolute Gasteiger partial charge is 0.405 e. The van der Waals surface area contributed by atoms with E-state index in [2.05, 4.69) is 20.5 Å². The minimum atomic E-state index is -0.790. The van der Waals surface area contributed by atoms with Gasteiger partial charge in [-0.2, -0.15) is 0 Å². The number of hydrogen-bond donors (Lipinski definition) is 2. The van der Waals surface area contributed by atoms with E-state index in [0.29, 0.717) is 52.0 Å². The summed E-state index contributed by atoms with van der Waals surface area (Å²) in [5.41, 5.74) is 6.52. The number of carbonyl (C=O) groups is 1. The van der Waals surface area contributed by atoms with E-state index in [0.717, 1.165) is 13.1 Å². The molecular formula is C18H18Cl2N6O2. The lowest BCUT2D eigenvalue weighted by atomic mass is 9.87. The van der Waals surface area contributed by atoms with Gasteiger partial charge in [0.05, 0.1) is 15.7 Å². The summed E-state index contributed by atoms with van der Waals surface area (Å²) in [7, 11) is 0. The van der Waals surface area contributed by atoms with Gasteiger partial charge >= 0.3 is 6.09 Å². The third-order valence-corrected chi connectivity index (χ3v) is 5.73. The van der Waals surface area contributed by atoms with Crippen molar-refractivity contribution in [2.24, 2.45) is 5.73 Å². The van der Waals surface area contributed by atoms with Gasteiger partial charge in [-0.3, -0.25) is 9.38 Å². The number of primary amides is 1. The largest absolute Gasteiger partial charge is 0.443 e. The minimum absolute atomic E-state index is 0.392. The van der Waals surface area contributed by atoms with Crippen LogP contribution in [0.1, 0.15) is 18.5 Å². The molecule has 0 unspecified atom stereocenters. The van der Waals surface area contributed by atoms with Crippen LogP contribution in [0.25, 0.3) is 17.0 Å². The van der Waals surface area contributed by atoms with Crippen LogP contribution >= 0.6 is 23.2 Å². The number of rotatable bonds is 4. The van der Waals surface area contributed by atoms with Crippen molar-refractivity contribution in [3.63, 3.8) is 0 Å². The average molecular weight is 421 g/mol. The van der Waals surface area contributed by atoms with Crippen molar-refractivity contribution in [1.82, 2.24) is 24.9 Å². The van der Waals surface area contributed by atoms with Crippen LogP contribution in [0.15, 0.2) is 30.6 Å². The van der Waals surface area contributed by atoms with Crippen molar-refractivity contribution < 1.29 is 9.53 Å². The molecule has 3 heterocycles. The van der Waals surface area contributed by atoms with Gasteiger partial charge in [-0.05, 0) is 25.2 Å². The number of nitrogens with zero attached hydrogens (tertiary/aromatic N) is 4. The van der Waals surface area contributed by atoms with Gasteiger partial charge in [-0.1, -0.05) is 29.3 Å². The summed E-state index contributed by atoms with van der Waals surface area (Å²) in [4.78, 5) is 15.9. The van der Waals surface area contributed by atoms with Gasteiger partial charge in [-0.25, -0.2) is 4.79 Å².